The Balaban J connectivity index is 3.17. The SMILES string of the molecule is COS(=O)(=O)Oc1nc(N)c(C=O)nc1Cl. The van der Waals surface area contributed by atoms with Crippen LogP contribution in [-0.2, 0) is 14.6 Å². The molecule has 0 aliphatic heterocycles. The Morgan fingerprint density at radius 2 is 2.06 bits per heavy atom. The first-order valence-corrected chi connectivity index (χ1v) is 5.39. The second kappa shape index (κ2) is 4.60. The molecule has 0 bridgehead atoms. The maximum Gasteiger partial charge on any atom is 0.450 e. The Hall–Kier alpha value is -1.45. The number of carbonyl (C=O) groups is 1. The second-order valence-electron chi connectivity index (χ2n) is 2.37. The molecule has 1 aromatic heterocycles. The number of hydrogen-bond acceptors (Lipinski definition) is 8. The van der Waals surface area contributed by atoms with Gasteiger partial charge in [-0.25, -0.2) is 9.17 Å². The summed E-state index contributed by atoms with van der Waals surface area (Å²) >= 11 is 5.51. The summed E-state index contributed by atoms with van der Waals surface area (Å²) < 4.78 is 30.1. The minimum atomic E-state index is -4.26. The first-order valence-electron chi connectivity index (χ1n) is 3.68. The highest BCUT2D eigenvalue weighted by Crippen LogP contribution is 2.23. The average molecular weight is 268 g/mol. The predicted molar refractivity (Wildman–Crippen MR) is 53.4 cm³/mol. The van der Waals surface area contributed by atoms with E-state index in [1.807, 2.05) is 0 Å². The highest BCUT2D eigenvalue weighted by molar-refractivity contribution is 7.82. The molecule has 0 aromatic carbocycles. The molecule has 1 rings (SSSR count). The van der Waals surface area contributed by atoms with Crippen LogP contribution in [0.5, 0.6) is 5.88 Å². The molecule has 0 aliphatic carbocycles. The van der Waals surface area contributed by atoms with E-state index in [-0.39, 0.29) is 11.5 Å². The molecule has 0 atom stereocenters. The molecule has 0 spiro atoms. The highest BCUT2D eigenvalue weighted by Gasteiger charge is 2.18. The van der Waals surface area contributed by atoms with Crippen molar-refractivity contribution in [3.05, 3.63) is 10.8 Å². The van der Waals surface area contributed by atoms with Crippen molar-refractivity contribution in [2.24, 2.45) is 0 Å². The third-order valence-electron chi connectivity index (χ3n) is 1.38. The third-order valence-corrected chi connectivity index (χ3v) is 2.39. The number of nitrogens with zero attached hydrogens (tertiary/aromatic N) is 2. The average Bonchev–Trinajstić information content (AvgIpc) is 2.22. The molecule has 88 valence electrons. The molecule has 0 aliphatic rings. The molecule has 0 radical (unpaired) electrons. The lowest BCUT2D eigenvalue weighted by Gasteiger charge is -2.05. The standard InChI is InChI=1S/C6H6ClN3O5S/c1-14-16(12,13)15-6-4(7)9-3(2-11)5(8)10-6/h2H,1H3,(H2,8,10). The zero-order valence-corrected chi connectivity index (χ0v) is 9.45. The number of rotatable bonds is 4. The molecule has 8 nitrogen and oxygen atoms in total. The Kier molecular flexibility index (Phi) is 3.62. The summed E-state index contributed by atoms with van der Waals surface area (Å²) in [6, 6.07) is 0. The van der Waals surface area contributed by atoms with Crippen LogP contribution in [0.15, 0.2) is 0 Å². The maximum absolute atomic E-state index is 10.9. The van der Waals surface area contributed by atoms with Gasteiger partial charge in [0.1, 0.15) is 5.69 Å². The summed E-state index contributed by atoms with van der Waals surface area (Å²) in [5.41, 5.74) is 5.07. The van der Waals surface area contributed by atoms with Crippen molar-refractivity contribution >= 4 is 34.1 Å². The molecular formula is C6H6ClN3O5S. The fourth-order valence-electron chi connectivity index (χ4n) is 0.694. The number of halogens is 1. The van der Waals surface area contributed by atoms with Crippen LogP contribution in [0.4, 0.5) is 5.82 Å². The smallest absolute Gasteiger partial charge is 0.382 e. The number of nitrogen functional groups attached to an aromatic ring is 1. The molecule has 1 heterocycles. The van der Waals surface area contributed by atoms with Crippen LogP contribution >= 0.6 is 11.6 Å². The Bertz CT molecular complexity index is 517. The molecule has 0 saturated heterocycles. The van der Waals surface area contributed by atoms with Crippen LogP contribution in [-0.4, -0.2) is 31.8 Å². The lowest BCUT2D eigenvalue weighted by Crippen LogP contribution is -2.13. The maximum atomic E-state index is 10.9. The number of hydrogen-bond donors (Lipinski definition) is 1. The van der Waals surface area contributed by atoms with E-state index < -0.39 is 21.4 Å². The monoisotopic (exact) mass is 267 g/mol. The van der Waals surface area contributed by atoms with E-state index in [9.17, 15) is 13.2 Å². The van der Waals surface area contributed by atoms with E-state index in [0.29, 0.717) is 6.29 Å². The van der Waals surface area contributed by atoms with Gasteiger partial charge < -0.3 is 9.92 Å². The fourth-order valence-corrected chi connectivity index (χ4v) is 1.29. The lowest BCUT2D eigenvalue weighted by atomic mass is 10.4. The van der Waals surface area contributed by atoms with Gasteiger partial charge in [-0.2, -0.15) is 13.4 Å². The van der Waals surface area contributed by atoms with Gasteiger partial charge in [0, 0.05) is 0 Å². The third kappa shape index (κ3) is 2.78. The summed E-state index contributed by atoms with van der Waals surface area (Å²) in [5.74, 6) is -0.868. The molecule has 2 N–H and O–H groups in total. The highest BCUT2D eigenvalue weighted by atomic mass is 35.5. The number of aldehydes is 1. The molecule has 10 heteroatoms. The van der Waals surface area contributed by atoms with Crippen LogP contribution in [0, 0.1) is 0 Å². The van der Waals surface area contributed by atoms with Gasteiger partial charge in [0.25, 0.3) is 5.88 Å². The number of anilines is 1. The van der Waals surface area contributed by atoms with Crippen molar-refractivity contribution in [3.63, 3.8) is 0 Å². The summed E-state index contributed by atoms with van der Waals surface area (Å²) in [4.78, 5) is 17.3. The fraction of sp³-hybridized carbons (Fsp3) is 0.167. The molecule has 1 aromatic rings. The zero-order chi connectivity index (χ0) is 12.3. The van der Waals surface area contributed by atoms with Gasteiger partial charge in [-0.05, 0) is 0 Å². The Labute approximate surface area is 95.7 Å². The van der Waals surface area contributed by atoms with Crippen LogP contribution in [0.25, 0.3) is 0 Å². The van der Waals surface area contributed by atoms with Gasteiger partial charge in [0.05, 0.1) is 7.11 Å². The van der Waals surface area contributed by atoms with Gasteiger partial charge in [0.15, 0.2) is 17.3 Å². The van der Waals surface area contributed by atoms with Crippen molar-refractivity contribution in [2.45, 2.75) is 0 Å². The molecule has 16 heavy (non-hydrogen) atoms. The summed E-state index contributed by atoms with van der Waals surface area (Å²) in [6.07, 6.45) is 0.322. The van der Waals surface area contributed by atoms with Crippen molar-refractivity contribution in [2.75, 3.05) is 12.8 Å². The molecule has 0 saturated carbocycles. The first-order chi connectivity index (χ1) is 7.39. The van der Waals surface area contributed by atoms with Gasteiger partial charge in [-0.15, -0.1) is 0 Å². The van der Waals surface area contributed by atoms with Crippen LogP contribution in [0.1, 0.15) is 10.5 Å². The number of carbonyl (C=O) groups excluding carboxylic acids is 1. The largest absolute Gasteiger partial charge is 0.450 e. The topological polar surface area (TPSA) is 121 Å². The lowest BCUT2D eigenvalue weighted by molar-refractivity contribution is 0.111. The van der Waals surface area contributed by atoms with Crippen LogP contribution in [0.2, 0.25) is 5.15 Å². The van der Waals surface area contributed by atoms with E-state index in [1.54, 1.807) is 0 Å². The summed E-state index contributed by atoms with van der Waals surface area (Å²) in [7, 11) is -3.37. The minimum Gasteiger partial charge on any atom is -0.382 e. The summed E-state index contributed by atoms with van der Waals surface area (Å²) in [6.45, 7) is 0. The van der Waals surface area contributed by atoms with Gasteiger partial charge in [-0.3, -0.25) is 4.79 Å². The number of aromatic nitrogens is 2. The van der Waals surface area contributed by atoms with Crippen molar-refractivity contribution in [1.29, 1.82) is 0 Å². The van der Waals surface area contributed by atoms with Crippen molar-refractivity contribution in [1.82, 2.24) is 9.97 Å². The van der Waals surface area contributed by atoms with Crippen molar-refractivity contribution in [3.8, 4) is 5.88 Å². The first kappa shape index (κ1) is 12.6. The number of nitrogens with two attached hydrogens (primary N) is 1. The normalized spacial score (nSPS) is 11.1. The molecular weight excluding hydrogens is 262 g/mol. The van der Waals surface area contributed by atoms with Gasteiger partial charge in [0.2, 0.25) is 0 Å². The molecule has 0 unspecified atom stereocenters. The van der Waals surface area contributed by atoms with Gasteiger partial charge in [-0.1, -0.05) is 11.6 Å². The van der Waals surface area contributed by atoms with Crippen LogP contribution < -0.4 is 9.92 Å². The van der Waals surface area contributed by atoms with E-state index >= 15 is 0 Å². The van der Waals surface area contributed by atoms with Gasteiger partial charge >= 0.3 is 10.4 Å². The quantitative estimate of drug-likeness (QED) is 0.744. The summed E-state index contributed by atoms with van der Waals surface area (Å²) in [5, 5.41) is -0.420. The van der Waals surface area contributed by atoms with E-state index in [0.717, 1.165) is 7.11 Å². The molecule has 0 amide bonds. The Morgan fingerprint density at radius 1 is 1.44 bits per heavy atom. The minimum absolute atomic E-state index is 0.216. The van der Waals surface area contributed by atoms with Crippen LogP contribution in [0.3, 0.4) is 0 Å². The van der Waals surface area contributed by atoms with Crippen molar-refractivity contribution < 1.29 is 21.6 Å². The molecule has 0 fully saturated rings. The van der Waals surface area contributed by atoms with E-state index in [2.05, 4.69) is 18.3 Å². The van der Waals surface area contributed by atoms with E-state index in [1.165, 1.54) is 0 Å². The van der Waals surface area contributed by atoms with E-state index in [4.69, 9.17) is 17.3 Å². The second-order valence-corrected chi connectivity index (χ2v) is 4.04. The predicted octanol–water partition coefficient (Wildman–Crippen LogP) is -0.205. The zero-order valence-electron chi connectivity index (χ0n) is 7.88. The Morgan fingerprint density at radius 3 is 2.56 bits per heavy atom.